The number of carbonyl (C=O) groups is 1. The van der Waals surface area contributed by atoms with Crippen LogP contribution in [0.25, 0.3) is 10.9 Å². The van der Waals surface area contributed by atoms with Crippen molar-refractivity contribution in [2.24, 2.45) is 0 Å². The normalized spacial score (nSPS) is 11.5. The minimum atomic E-state index is -0.772. The SMILES string of the molecule is COc1ccc(CCNC(=O)C(C)(C)c2c[nH]c3ccc(F)cc23)cc1. The summed E-state index contributed by atoms with van der Waals surface area (Å²) in [4.78, 5) is 15.9. The van der Waals surface area contributed by atoms with Gasteiger partial charge < -0.3 is 15.0 Å². The molecule has 0 radical (unpaired) electrons. The van der Waals surface area contributed by atoms with Crippen molar-refractivity contribution < 1.29 is 13.9 Å². The Morgan fingerprint density at radius 2 is 1.92 bits per heavy atom. The van der Waals surface area contributed by atoms with Gasteiger partial charge in [0.25, 0.3) is 0 Å². The lowest BCUT2D eigenvalue weighted by Gasteiger charge is -2.23. The molecule has 26 heavy (non-hydrogen) atoms. The smallest absolute Gasteiger partial charge is 0.230 e. The van der Waals surface area contributed by atoms with Gasteiger partial charge in [-0.3, -0.25) is 4.79 Å². The fourth-order valence-corrected chi connectivity index (χ4v) is 3.07. The van der Waals surface area contributed by atoms with Crippen LogP contribution in [0.2, 0.25) is 0 Å². The molecule has 3 aromatic rings. The second-order valence-electron chi connectivity index (χ2n) is 6.87. The summed E-state index contributed by atoms with van der Waals surface area (Å²) in [5.74, 6) is 0.413. The summed E-state index contributed by atoms with van der Waals surface area (Å²) >= 11 is 0. The minimum absolute atomic E-state index is 0.0869. The van der Waals surface area contributed by atoms with E-state index in [1.807, 2.05) is 38.1 Å². The van der Waals surface area contributed by atoms with Crippen LogP contribution in [0.15, 0.2) is 48.7 Å². The maximum absolute atomic E-state index is 13.6. The van der Waals surface area contributed by atoms with E-state index in [-0.39, 0.29) is 11.7 Å². The molecule has 0 bridgehead atoms. The van der Waals surface area contributed by atoms with E-state index >= 15 is 0 Å². The number of aromatic amines is 1. The molecule has 1 heterocycles. The second-order valence-corrected chi connectivity index (χ2v) is 6.87. The van der Waals surface area contributed by atoms with E-state index in [2.05, 4.69) is 10.3 Å². The molecule has 0 aliphatic heterocycles. The lowest BCUT2D eigenvalue weighted by molar-refractivity contribution is -0.125. The third kappa shape index (κ3) is 3.57. The lowest BCUT2D eigenvalue weighted by atomic mass is 9.83. The first-order valence-corrected chi connectivity index (χ1v) is 8.60. The van der Waals surface area contributed by atoms with E-state index in [0.29, 0.717) is 6.54 Å². The Morgan fingerprint density at radius 1 is 1.19 bits per heavy atom. The molecular formula is C21H23FN2O2. The molecule has 0 aliphatic carbocycles. The van der Waals surface area contributed by atoms with Crippen LogP contribution in [-0.4, -0.2) is 24.5 Å². The van der Waals surface area contributed by atoms with Gasteiger partial charge in [-0.1, -0.05) is 12.1 Å². The van der Waals surface area contributed by atoms with Crippen molar-refractivity contribution in [1.29, 1.82) is 0 Å². The highest BCUT2D eigenvalue weighted by molar-refractivity contribution is 5.94. The number of ether oxygens (including phenoxy) is 1. The summed E-state index contributed by atoms with van der Waals surface area (Å²) in [6.45, 7) is 4.23. The van der Waals surface area contributed by atoms with Gasteiger partial charge in [0.05, 0.1) is 12.5 Å². The minimum Gasteiger partial charge on any atom is -0.497 e. The third-order valence-corrected chi connectivity index (χ3v) is 4.74. The van der Waals surface area contributed by atoms with E-state index in [9.17, 15) is 9.18 Å². The Bertz CT molecular complexity index is 913. The predicted molar refractivity (Wildman–Crippen MR) is 101 cm³/mol. The van der Waals surface area contributed by atoms with E-state index < -0.39 is 5.41 Å². The summed E-state index contributed by atoms with van der Waals surface area (Å²) in [6, 6.07) is 12.3. The number of hydrogen-bond donors (Lipinski definition) is 2. The Kier molecular flexibility index (Phi) is 4.98. The molecule has 0 unspecified atom stereocenters. The fourth-order valence-electron chi connectivity index (χ4n) is 3.07. The molecule has 0 saturated carbocycles. The van der Waals surface area contributed by atoms with Crippen LogP contribution in [0, 0.1) is 5.82 Å². The second kappa shape index (κ2) is 7.20. The number of hydrogen-bond acceptors (Lipinski definition) is 2. The topological polar surface area (TPSA) is 54.1 Å². The molecule has 0 spiro atoms. The van der Waals surface area contributed by atoms with Gasteiger partial charge in [-0.2, -0.15) is 0 Å². The Labute approximate surface area is 152 Å². The van der Waals surface area contributed by atoms with Crippen LogP contribution in [0.4, 0.5) is 4.39 Å². The van der Waals surface area contributed by atoms with Gasteiger partial charge >= 0.3 is 0 Å². The van der Waals surface area contributed by atoms with Gasteiger partial charge in [-0.15, -0.1) is 0 Å². The van der Waals surface area contributed by atoms with Crippen molar-refractivity contribution >= 4 is 16.8 Å². The van der Waals surface area contributed by atoms with Gasteiger partial charge in [0, 0.05) is 23.6 Å². The maximum Gasteiger partial charge on any atom is 0.230 e. The number of H-pyrrole nitrogens is 1. The van der Waals surface area contributed by atoms with Gasteiger partial charge in [0.2, 0.25) is 5.91 Å². The predicted octanol–water partition coefficient (Wildman–Crippen LogP) is 3.95. The van der Waals surface area contributed by atoms with Crippen LogP contribution in [0.3, 0.4) is 0 Å². The highest BCUT2D eigenvalue weighted by Gasteiger charge is 2.32. The number of aromatic nitrogens is 1. The zero-order valence-corrected chi connectivity index (χ0v) is 15.2. The molecule has 2 aromatic carbocycles. The highest BCUT2D eigenvalue weighted by atomic mass is 19.1. The summed E-state index contributed by atoms with van der Waals surface area (Å²) < 4.78 is 18.7. The number of carbonyl (C=O) groups excluding carboxylic acids is 1. The third-order valence-electron chi connectivity index (χ3n) is 4.74. The number of fused-ring (bicyclic) bond motifs is 1. The van der Waals surface area contributed by atoms with Crippen molar-refractivity contribution in [2.75, 3.05) is 13.7 Å². The van der Waals surface area contributed by atoms with Crippen molar-refractivity contribution in [3.8, 4) is 5.75 Å². The molecule has 5 heteroatoms. The largest absolute Gasteiger partial charge is 0.497 e. The summed E-state index contributed by atoms with van der Waals surface area (Å²) in [6.07, 6.45) is 2.52. The summed E-state index contributed by atoms with van der Waals surface area (Å²) in [5, 5.41) is 3.73. The van der Waals surface area contributed by atoms with Crippen molar-refractivity contribution in [2.45, 2.75) is 25.7 Å². The van der Waals surface area contributed by atoms with Gasteiger partial charge in [-0.05, 0) is 61.7 Å². The number of halogens is 1. The molecule has 1 aromatic heterocycles. The van der Waals surface area contributed by atoms with Gasteiger partial charge in [-0.25, -0.2) is 4.39 Å². The van der Waals surface area contributed by atoms with Crippen molar-refractivity contribution in [3.05, 3.63) is 65.6 Å². The highest BCUT2D eigenvalue weighted by Crippen LogP contribution is 2.31. The lowest BCUT2D eigenvalue weighted by Crippen LogP contribution is -2.40. The molecule has 2 N–H and O–H groups in total. The number of methoxy groups -OCH3 is 1. The van der Waals surface area contributed by atoms with Crippen LogP contribution in [0.5, 0.6) is 5.75 Å². The molecule has 4 nitrogen and oxygen atoms in total. The van der Waals surface area contributed by atoms with E-state index in [1.54, 1.807) is 19.4 Å². The van der Waals surface area contributed by atoms with Crippen LogP contribution in [-0.2, 0) is 16.6 Å². The molecule has 0 fully saturated rings. The van der Waals surface area contributed by atoms with Gasteiger partial charge in [0.1, 0.15) is 11.6 Å². The standard InChI is InChI=1S/C21H23FN2O2/c1-21(2,18-13-24-19-9-6-15(22)12-17(18)19)20(25)23-11-10-14-4-7-16(26-3)8-5-14/h4-9,12-13,24H,10-11H2,1-3H3,(H,23,25). The van der Waals surface area contributed by atoms with Crippen LogP contribution in [0.1, 0.15) is 25.0 Å². The van der Waals surface area contributed by atoms with E-state index in [1.165, 1.54) is 12.1 Å². The van der Waals surface area contributed by atoms with E-state index in [4.69, 9.17) is 4.74 Å². The first-order chi connectivity index (χ1) is 12.4. The maximum atomic E-state index is 13.6. The monoisotopic (exact) mass is 354 g/mol. The molecule has 136 valence electrons. The Morgan fingerprint density at radius 3 is 2.62 bits per heavy atom. The average Bonchev–Trinajstić information content (AvgIpc) is 3.06. The van der Waals surface area contributed by atoms with Crippen molar-refractivity contribution in [1.82, 2.24) is 10.3 Å². The fraction of sp³-hybridized carbons (Fsp3) is 0.286. The quantitative estimate of drug-likeness (QED) is 0.704. The average molecular weight is 354 g/mol. The van der Waals surface area contributed by atoms with Crippen LogP contribution < -0.4 is 10.1 Å². The summed E-state index contributed by atoms with van der Waals surface area (Å²) in [5.41, 5.74) is 1.96. The van der Waals surface area contributed by atoms with E-state index in [0.717, 1.165) is 34.2 Å². The van der Waals surface area contributed by atoms with Gasteiger partial charge in [0.15, 0.2) is 0 Å². The Balaban J connectivity index is 1.68. The zero-order valence-electron chi connectivity index (χ0n) is 15.2. The molecule has 1 amide bonds. The first-order valence-electron chi connectivity index (χ1n) is 8.60. The zero-order chi connectivity index (χ0) is 18.7. The molecule has 3 rings (SSSR count). The molecular weight excluding hydrogens is 331 g/mol. The molecule has 0 saturated heterocycles. The number of amides is 1. The molecule has 0 aliphatic rings. The number of nitrogens with one attached hydrogen (secondary N) is 2. The number of benzene rings is 2. The van der Waals surface area contributed by atoms with Crippen molar-refractivity contribution in [3.63, 3.8) is 0 Å². The summed E-state index contributed by atoms with van der Waals surface area (Å²) in [7, 11) is 1.63. The Hall–Kier alpha value is -2.82. The van der Waals surface area contributed by atoms with Crippen LogP contribution >= 0.6 is 0 Å². The number of rotatable bonds is 6. The molecule has 0 atom stereocenters. The first kappa shape index (κ1) is 18.0.